The van der Waals surface area contributed by atoms with Crippen LogP contribution in [-0.4, -0.2) is 37.2 Å². The van der Waals surface area contributed by atoms with Gasteiger partial charge in [0.15, 0.2) is 6.10 Å². The number of hydrogen-bond donors (Lipinski definition) is 0. The fourth-order valence-electron chi connectivity index (χ4n) is 7.78. The summed E-state index contributed by atoms with van der Waals surface area (Å²) in [6.45, 7) is 11.4. The van der Waals surface area contributed by atoms with Gasteiger partial charge in [0.2, 0.25) is 0 Å². The van der Waals surface area contributed by atoms with Crippen LogP contribution in [0.15, 0.2) is 0 Å². The summed E-state index contributed by atoms with van der Waals surface area (Å²) in [7, 11) is 0. The summed E-state index contributed by atoms with van der Waals surface area (Å²) in [6, 6.07) is 0. The number of rotatable bonds is 46. The first-order valence-corrected chi connectivity index (χ1v) is 25.8. The molecule has 0 amide bonds. The van der Waals surface area contributed by atoms with Gasteiger partial charge in [-0.3, -0.25) is 14.4 Å². The maximum absolute atomic E-state index is 12.8. The van der Waals surface area contributed by atoms with Crippen molar-refractivity contribution in [3.63, 3.8) is 0 Å². The van der Waals surface area contributed by atoms with Crippen LogP contribution in [0.4, 0.5) is 0 Å². The lowest BCUT2D eigenvalue weighted by atomic mass is 9.99. The molecule has 0 spiro atoms. The Balaban J connectivity index is 4.33. The highest BCUT2D eigenvalue weighted by Crippen LogP contribution is 2.18. The Bertz CT molecular complexity index is 887. The van der Waals surface area contributed by atoms with E-state index in [1.54, 1.807) is 0 Å². The standard InChI is InChI=1S/C52H100O6/c1-6-8-9-10-11-12-13-14-15-24-29-34-39-44-52(55)58-49(45-56-50(53)42-37-32-27-22-18-16-20-25-30-35-40-47(3)4)46-57-51(54)43-38-33-28-23-19-17-21-26-31-36-41-48(5)7-2/h47-49H,6-46H2,1-5H3/t48?,49-/m1/s1. The first kappa shape index (κ1) is 56.4. The van der Waals surface area contributed by atoms with Crippen LogP contribution in [0, 0.1) is 11.8 Å². The summed E-state index contributed by atoms with van der Waals surface area (Å²) in [5, 5.41) is 0. The van der Waals surface area contributed by atoms with Crippen molar-refractivity contribution in [3.8, 4) is 0 Å². The van der Waals surface area contributed by atoms with Gasteiger partial charge in [-0.25, -0.2) is 0 Å². The molecule has 1 unspecified atom stereocenters. The summed E-state index contributed by atoms with van der Waals surface area (Å²) in [4.78, 5) is 37.9. The topological polar surface area (TPSA) is 78.9 Å². The molecule has 6 heteroatoms. The minimum absolute atomic E-state index is 0.0639. The van der Waals surface area contributed by atoms with Gasteiger partial charge >= 0.3 is 17.9 Å². The average Bonchev–Trinajstić information content (AvgIpc) is 3.21. The average molecular weight is 821 g/mol. The molecule has 0 bridgehead atoms. The molecule has 0 rings (SSSR count). The number of carbonyl (C=O) groups is 3. The van der Waals surface area contributed by atoms with E-state index in [-0.39, 0.29) is 31.1 Å². The van der Waals surface area contributed by atoms with E-state index < -0.39 is 6.10 Å². The van der Waals surface area contributed by atoms with Gasteiger partial charge in [-0.2, -0.15) is 0 Å². The third kappa shape index (κ3) is 44.0. The highest BCUT2D eigenvalue weighted by molar-refractivity contribution is 5.71. The smallest absolute Gasteiger partial charge is 0.306 e. The first-order valence-electron chi connectivity index (χ1n) is 25.8. The molecule has 0 heterocycles. The minimum atomic E-state index is -0.761. The molecular weight excluding hydrogens is 721 g/mol. The van der Waals surface area contributed by atoms with Crippen molar-refractivity contribution in [1.29, 1.82) is 0 Å². The largest absolute Gasteiger partial charge is 0.462 e. The predicted molar refractivity (Wildman–Crippen MR) is 247 cm³/mol. The van der Waals surface area contributed by atoms with E-state index >= 15 is 0 Å². The van der Waals surface area contributed by atoms with Gasteiger partial charge in [0.1, 0.15) is 13.2 Å². The maximum Gasteiger partial charge on any atom is 0.306 e. The van der Waals surface area contributed by atoms with Crippen molar-refractivity contribution in [2.75, 3.05) is 13.2 Å². The van der Waals surface area contributed by atoms with Crippen molar-refractivity contribution in [1.82, 2.24) is 0 Å². The van der Waals surface area contributed by atoms with E-state index in [9.17, 15) is 14.4 Å². The molecule has 0 aliphatic carbocycles. The van der Waals surface area contributed by atoms with Gasteiger partial charge in [-0.05, 0) is 31.1 Å². The first-order chi connectivity index (χ1) is 28.3. The van der Waals surface area contributed by atoms with E-state index in [2.05, 4.69) is 34.6 Å². The molecule has 0 aromatic heterocycles. The summed E-state index contributed by atoms with van der Waals surface area (Å²) in [6.07, 6.45) is 45.0. The van der Waals surface area contributed by atoms with Crippen molar-refractivity contribution >= 4 is 17.9 Å². The lowest BCUT2D eigenvalue weighted by Gasteiger charge is -2.18. The van der Waals surface area contributed by atoms with Gasteiger partial charge in [0, 0.05) is 19.3 Å². The van der Waals surface area contributed by atoms with Crippen LogP contribution in [0.3, 0.4) is 0 Å². The normalized spacial score (nSPS) is 12.5. The quantitative estimate of drug-likeness (QED) is 0.0346. The highest BCUT2D eigenvalue weighted by atomic mass is 16.6. The van der Waals surface area contributed by atoms with Crippen LogP contribution < -0.4 is 0 Å². The summed E-state index contributed by atoms with van der Waals surface area (Å²) in [5.41, 5.74) is 0. The number of carbonyl (C=O) groups excluding carboxylic acids is 3. The SMILES string of the molecule is CCCCCCCCCCCCCCCC(=O)O[C@H](COC(=O)CCCCCCCCCCCCC(C)C)COC(=O)CCCCCCCCCCCCC(C)CC. The molecule has 58 heavy (non-hydrogen) atoms. The van der Waals surface area contributed by atoms with Crippen molar-refractivity contribution in [3.05, 3.63) is 0 Å². The molecule has 0 aromatic carbocycles. The third-order valence-electron chi connectivity index (χ3n) is 12.1. The fraction of sp³-hybridized carbons (Fsp3) is 0.942. The molecule has 0 aromatic rings. The van der Waals surface area contributed by atoms with Crippen LogP contribution in [0.1, 0.15) is 285 Å². The Morgan fingerprint density at radius 3 is 0.983 bits per heavy atom. The van der Waals surface area contributed by atoms with Crippen LogP contribution in [0.5, 0.6) is 0 Å². The van der Waals surface area contributed by atoms with E-state index in [1.165, 1.54) is 173 Å². The number of hydrogen-bond acceptors (Lipinski definition) is 6. The zero-order valence-corrected chi connectivity index (χ0v) is 39.7. The van der Waals surface area contributed by atoms with Crippen LogP contribution in [0.25, 0.3) is 0 Å². The summed E-state index contributed by atoms with van der Waals surface area (Å²) < 4.78 is 16.8. The second-order valence-corrected chi connectivity index (χ2v) is 18.5. The van der Waals surface area contributed by atoms with Gasteiger partial charge < -0.3 is 14.2 Å². The van der Waals surface area contributed by atoms with Crippen LogP contribution >= 0.6 is 0 Å². The van der Waals surface area contributed by atoms with Crippen molar-refractivity contribution in [2.45, 2.75) is 291 Å². The van der Waals surface area contributed by atoms with Gasteiger partial charge in [-0.1, -0.05) is 247 Å². The monoisotopic (exact) mass is 821 g/mol. The molecular formula is C52H100O6. The maximum atomic E-state index is 12.8. The molecule has 0 aliphatic heterocycles. The Hall–Kier alpha value is -1.59. The third-order valence-corrected chi connectivity index (χ3v) is 12.1. The van der Waals surface area contributed by atoms with Gasteiger partial charge in [-0.15, -0.1) is 0 Å². The Labute approximate surface area is 361 Å². The molecule has 344 valence electrons. The predicted octanol–water partition coefficient (Wildman–Crippen LogP) is 16.5. The molecule has 2 atom stereocenters. The van der Waals surface area contributed by atoms with E-state index in [0.717, 1.165) is 69.6 Å². The Morgan fingerprint density at radius 1 is 0.362 bits per heavy atom. The Kier molecular flexibility index (Phi) is 43.7. The molecule has 0 radical (unpaired) electrons. The summed E-state index contributed by atoms with van der Waals surface area (Å²) >= 11 is 0. The zero-order valence-electron chi connectivity index (χ0n) is 39.7. The van der Waals surface area contributed by atoms with Crippen LogP contribution in [0.2, 0.25) is 0 Å². The lowest BCUT2D eigenvalue weighted by molar-refractivity contribution is -0.167. The number of unbranched alkanes of at least 4 members (excludes halogenated alkanes) is 30. The second kappa shape index (κ2) is 44.9. The lowest BCUT2D eigenvalue weighted by Crippen LogP contribution is -2.30. The summed E-state index contributed by atoms with van der Waals surface area (Å²) in [5.74, 6) is 0.839. The van der Waals surface area contributed by atoms with Crippen molar-refractivity contribution < 1.29 is 28.6 Å². The molecule has 0 N–H and O–H groups in total. The molecule has 6 nitrogen and oxygen atoms in total. The second-order valence-electron chi connectivity index (χ2n) is 18.5. The minimum Gasteiger partial charge on any atom is -0.462 e. The molecule has 0 aliphatic rings. The molecule has 0 saturated carbocycles. The van der Waals surface area contributed by atoms with E-state index in [4.69, 9.17) is 14.2 Å². The number of esters is 3. The molecule has 0 saturated heterocycles. The highest BCUT2D eigenvalue weighted by Gasteiger charge is 2.19. The van der Waals surface area contributed by atoms with E-state index in [1.807, 2.05) is 0 Å². The fourth-order valence-corrected chi connectivity index (χ4v) is 7.78. The molecule has 0 fully saturated rings. The zero-order chi connectivity index (χ0) is 42.6. The Morgan fingerprint density at radius 2 is 0.655 bits per heavy atom. The van der Waals surface area contributed by atoms with E-state index in [0.29, 0.717) is 19.3 Å². The number of ether oxygens (including phenoxy) is 3. The van der Waals surface area contributed by atoms with Gasteiger partial charge in [0.25, 0.3) is 0 Å². The van der Waals surface area contributed by atoms with Gasteiger partial charge in [0.05, 0.1) is 0 Å². The van der Waals surface area contributed by atoms with Crippen LogP contribution in [-0.2, 0) is 28.6 Å². The van der Waals surface area contributed by atoms with Crippen molar-refractivity contribution in [2.24, 2.45) is 11.8 Å².